The summed E-state index contributed by atoms with van der Waals surface area (Å²) < 4.78 is 7.23. The number of unbranched alkanes of at least 4 members (excludes halogenated alkanes) is 3. The van der Waals surface area contributed by atoms with Crippen LogP contribution in [0.1, 0.15) is 71.0 Å². The summed E-state index contributed by atoms with van der Waals surface area (Å²) in [5, 5.41) is 2.98. The van der Waals surface area contributed by atoms with Crippen LogP contribution in [0.3, 0.4) is 0 Å². The fourth-order valence-electron chi connectivity index (χ4n) is 3.90. The zero-order chi connectivity index (χ0) is 25.9. The van der Waals surface area contributed by atoms with Gasteiger partial charge in [-0.3, -0.25) is 9.78 Å². The van der Waals surface area contributed by atoms with Crippen molar-refractivity contribution in [3.8, 4) is 0 Å². The molecule has 190 valence electrons. The minimum Gasteiger partial charge on any atom is -0.448 e. The van der Waals surface area contributed by atoms with Gasteiger partial charge in [0, 0.05) is 42.4 Å². The first-order chi connectivity index (χ1) is 17.4. The highest BCUT2D eigenvalue weighted by atomic mass is 16.5. The largest absolute Gasteiger partial charge is 0.448 e. The minimum atomic E-state index is -0.679. The summed E-state index contributed by atoms with van der Waals surface area (Å²) in [4.78, 5) is 32.6. The summed E-state index contributed by atoms with van der Waals surface area (Å²) in [5.74, 6) is -0.0262. The number of hydrogen-bond acceptors (Lipinski definition) is 4. The Bertz CT molecular complexity index is 1180. The van der Waals surface area contributed by atoms with Crippen LogP contribution in [0.2, 0.25) is 0 Å². The van der Waals surface area contributed by atoms with E-state index in [4.69, 9.17) is 10.5 Å². The van der Waals surface area contributed by atoms with Crippen molar-refractivity contribution in [2.45, 2.75) is 59.5 Å². The molecule has 0 aliphatic heterocycles. The van der Waals surface area contributed by atoms with Gasteiger partial charge >= 0.3 is 6.09 Å². The number of carbonyl (C=O) groups excluding carboxylic acids is 2. The fourth-order valence-corrected chi connectivity index (χ4v) is 3.90. The quantitative estimate of drug-likeness (QED) is 0.226. The van der Waals surface area contributed by atoms with Crippen LogP contribution in [0.4, 0.5) is 4.79 Å². The number of nitrogens with one attached hydrogen (secondary N) is 1. The predicted octanol–water partition coefficient (Wildman–Crippen LogP) is 4.90. The summed E-state index contributed by atoms with van der Waals surface area (Å²) >= 11 is 0. The first kappa shape index (κ1) is 26.7. The molecule has 36 heavy (non-hydrogen) atoms. The van der Waals surface area contributed by atoms with E-state index in [9.17, 15) is 9.59 Å². The molecule has 0 radical (unpaired) electrons. The molecule has 8 heteroatoms. The number of aliphatic imine (C=N–C) groups is 1. The molecule has 2 amide bonds. The van der Waals surface area contributed by atoms with Crippen molar-refractivity contribution < 1.29 is 14.3 Å². The lowest BCUT2D eigenvalue weighted by Crippen LogP contribution is -2.23. The number of pyridine rings is 1. The monoisotopic (exact) mass is 489 g/mol. The van der Waals surface area contributed by atoms with Crippen molar-refractivity contribution in [2.75, 3.05) is 6.61 Å². The van der Waals surface area contributed by atoms with E-state index in [1.54, 1.807) is 24.5 Å². The van der Waals surface area contributed by atoms with Gasteiger partial charge in [-0.25, -0.2) is 4.79 Å². The van der Waals surface area contributed by atoms with E-state index in [2.05, 4.69) is 26.8 Å². The third-order valence-corrected chi connectivity index (χ3v) is 6.05. The number of carbonyl (C=O) groups is 2. The summed E-state index contributed by atoms with van der Waals surface area (Å²) in [6, 6.07) is 13.1. The van der Waals surface area contributed by atoms with Gasteiger partial charge in [-0.1, -0.05) is 50.5 Å². The average molecular weight is 490 g/mol. The highest BCUT2D eigenvalue weighted by molar-refractivity contribution is 6.02. The van der Waals surface area contributed by atoms with Gasteiger partial charge in [-0.2, -0.15) is 4.99 Å². The Balaban J connectivity index is 1.54. The summed E-state index contributed by atoms with van der Waals surface area (Å²) in [7, 11) is 0. The lowest BCUT2D eigenvalue weighted by atomic mass is 10.1. The summed E-state index contributed by atoms with van der Waals surface area (Å²) in [6.45, 7) is 7.48. The van der Waals surface area contributed by atoms with Crippen molar-refractivity contribution in [1.82, 2.24) is 14.9 Å². The third kappa shape index (κ3) is 7.53. The molecule has 1 aromatic carbocycles. The highest BCUT2D eigenvalue weighted by Gasteiger charge is 2.16. The molecule has 2 aromatic heterocycles. The normalized spacial score (nSPS) is 11.4. The first-order valence-corrected chi connectivity index (χ1v) is 12.3. The molecular weight excluding hydrogens is 454 g/mol. The van der Waals surface area contributed by atoms with Crippen LogP contribution in [0.15, 0.2) is 59.9 Å². The number of amides is 2. The van der Waals surface area contributed by atoms with E-state index in [-0.39, 0.29) is 11.7 Å². The molecule has 0 spiro atoms. The van der Waals surface area contributed by atoms with E-state index in [0.717, 1.165) is 48.2 Å². The van der Waals surface area contributed by atoms with Gasteiger partial charge in [0.15, 0.2) is 0 Å². The van der Waals surface area contributed by atoms with Crippen molar-refractivity contribution in [2.24, 2.45) is 10.7 Å². The molecule has 0 saturated carbocycles. The second kappa shape index (κ2) is 13.2. The van der Waals surface area contributed by atoms with Crippen LogP contribution in [0.5, 0.6) is 0 Å². The Kier molecular flexibility index (Phi) is 9.80. The van der Waals surface area contributed by atoms with Crippen molar-refractivity contribution in [1.29, 1.82) is 0 Å². The Morgan fingerprint density at radius 2 is 1.75 bits per heavy atom. The number of hydrogen-bond donors (Lipinski definition) is 2. The van der Waals surface area contributed by atoms with E-state index < -0.39 is 6.09 Å². The lowest BCUT2D eigenvalue weighted by Gasteiger charge is -2.10. The van der Waals surface area contributed by atoms with Crippen LogP contribution >= 0.6 is 0 Å². The van der Waals surface area contributed by atoms with Crippen LogP contribution in [0.25, 0.3) is 0 Å². The van der Waals surface area contributed by atoms with Gasteiger partial charge in [0.25, 0.3) is 5.91 Å². The second-order valence-electron chi connectivity index (χ2n) is 8.78. The summed E-state index contributed by atoms with van der Waals surface area (Å²) in [5.41, 5.74) is 11.2. The zero-order valence-electron chi connectivity index (χ0n) is 21.3. The Morgan fingerprint density at radius 3 is 2.44 bits per heavy atom. The third-order valence-electron chi connectivity index (χ3n) is 6.05. The van der Waals surface area contributed by atoms with E-state index in [0.29, 0.717) is 30.8 Å². The number of nitrogens with zero attached hydrogens (tertiary/aromatic N) is 3. The molecular formula is C28H35N5O3. The van der Waals surface area contributed by atoms with Gasteiger partial charge < -0.3 is 20.4 Å². The molecule has 3 N–H and O–H groups in total. The molecule has 0 aliphatic carbocycles. The number of aromatic nitrogens is 2. The maximum absolute atomic E-state index is 12.9. The SMILES string of the molecule is CCCCCCOC(=O)N=C(N)c1ccc(CNC(=O)c2cc(C)n(Cc3ccncc3)c2C)cc1. The second-order valence-corrected chi connectivity index (χ2v) is 8.78. The van der Waals surface area contributed by atoms with Gasteiger partial charge in [-0.05, 0) is 49.6 Å². The van der Waals surface area contributed by atoms with Crippen LogP contribution < -0.4 is 11.1 Å². The Morgan fingerprint density at radius 1 is 1.03 bits per heavy atom. The van der Waals surface area contributed by atoms with E-state index >= 15 is 0 Å². The first-order valence-electron chi connectivity index (χ1n) is 12.3. The molecule has 0 fully saturated rings. The molecule has 0 aliphatic rings. The van der Waals surface area contributed by atoms with E-state index in [1.807, 2.05) is 44.2 Å². The van der Waals surface area contributed by atoms with Gasteiger partial charge in [0.2, 0.25) is 0 Å². The topological polar surface area (TPSA) is 112 Å². The number of ether oxygens (including phenoxy) is 1. The Labute approximate surface area is 212 Å². The van der Waals surface area contributed by atoms with E-state index in [1.165, 1.54) is 0 Å². The molecule has 2 heterocycles. The van der Waals surface area contributed by atoms with Crippen molar-refractivity contribution in [3.05, 3.63) is 88.5 Å². The average Bonchev–Trinajstić information content (AvgIpc) is 3.16. The zero-order valence-corrected chi connectivity index (χ0v) is 21.3. The maximum atomic E-state index is 12.9. The maximum Gasteiger partial charge on any atom is 0.435 e. The Hall–Kier alpha value is -3.94. The molecule has 0 bridgehead atoms. The number of aryl methyl sites for hydroxylation is 1. The number of benzene rings is 1. The number of rotatable bonds is 11. The minimum absolute atomic E-state index is 0.103. The lowest BCUT2D eigenvalue weighted by molar-refractivity contribution is 0.0950. The van der Waals surface area contributed by atoms with Crippen molar-refractivity contribution in [3.63, 3.8) is 0 Å². The van der Waals surface area contributed by atoms with Crippen LogP contribution in [-0.2, 0) is 17.8 Å². The van der Waals surface area contributed by atoms with Gasteiger partial charge in [0.05, 0.1) is 12.2 Å². The smallest absolute Gasteiger partial charge is 0.435 e. The molecule has 0 saturated heterocycles. The van der Waals surface area contributed by atoms with Gasteiger partial charge in [0.1, 0.15) is 5.84 Å². The standard InChI is InChI=1S/C28H35N5O3/c1-4-5-6-7-16-36-28(35)32-26(29)24-10-8-22(9-11-24)18-31-27(34)25-17-20(2)33(21(25)3)19-23-12-14-30-15-13-23/h8-15,17H,4-7,16,18-19H2,1-3H3,(H,31,34)(H2,29,32,35). The number of nitrogens with two attached hydrogens (primary N) is 1. The molecule has 0 unspecified atom stereocenters. The molecule has 3 rings (SSSR count). The highest BCUT2D eigenvalue weighted by Crippen LogP contribution is 2.17. The van der Waals surface area contributed by atoms with Crippen molar-refractivity contribution >= 4 is 17.8 Å². The van der Waals surface area contributed by atoms with Crippen LogP contribution in [-0.4, -0.2) is 34.0 Å². The molecule has 3 aromatic rings. The molecule has 8 nitrogen and oxygen atoms in total. The fraction of sp³-hybridized carbons (Fsp3) is 0.357. The summed E-state index contributed by atoms with van der Waals surface area (Å²) in [6.07, 6.45) is 6.95. The van der Waals surface area contributed by atoms with Gasteiger partial charge in [-0.15, -0.1) is 0 Å². The predicted molar refractivity (Wildman–Crippen MR) is 141 cm³/mol. The van der Waals surface area contributed by atoms with Crippen LogP contribution in [0, 0.1) is 13.8 Å². The molecule has 0 atom stereocenters. The number of amidine groups is 1.